The molecule has 0 N–H and O–H groups in total. The number of nitrogens with zero attached hydrogens (tertiary/aromatic N) is 2. The highest BCUT2D eigenvalue weighted by atomic mass is 15.1. The van der Waals surface area contributed by atoms with Crippen molar-refractivity contribution in [2.45, 2.75) is 37.5 Å². The standard InChI is InChI=1S/C53H42N2/c1-2-9-36(10-3-1)37-18-21-42(22-19-37)55(43-23-25-51-39(32-43)11-8-26-54-51)52-17-7-14-45-44(13-6-15-47(45)52)38-20-24-50-48(33-38)46-12-4-5-16-49(46)53(50)40-28-34-27-35(30-40)31-41(53)29-34/h1-26,32-35,40-41H,27-31H2. The lowest BCUT2D eigenvalue weighted by molar-refractivity contribution is -0.0399. The Labute approximate surface area is 323 Å². The van der Waals surface area contributed by atoms with Crippen LogP contribution in [-0.2, 0) is 5.41 Å². The van der Waals surface area contributed by atoms with Crippen molar-refractivity contribution in [1.82, 2.24) is 4.98 Å². The van der Waals surface area contributed by atoms with Crippen molar-refractivity contribution in [3.8, 4) is 33.4 Å². The molecule has 55 heavy (non-hydrogen) atoms. The molecule has 1 spiro atoms. The predicted octanol–water partition coefficient (Wildman–Crippen LogP) is 13.9. The maximum absolute atomic E-state index is 4.64. The minimum Gasteiger partial charge on any atom is -0.310 e. The second-order valence-corrected chi connectivity index (χ2v) is 16.8. The van der Waals surface area contributed by atoms with E-state index in [9.17, 15) is 0 Å². The van der Waals surface area contributed by atoms with Crippen molar-refractivity contribution >= 4 is 38.7 Å². The quantitative estimate of drug-likeness (QED) is 0.177. The van der Waals surface area contributed by atoms with Crippen molar-refractivity contribution in [1.29, 1.82) is 0 Å². The van der Waals surface area contributed by atoms with Crippen LogP contribution in [0, 0.1) is 23.7 Å². The Bertz CT molecular complexity index is 2750. The number of hydrogen-bond acceptors (Lipinski definition) is 2. The van der Waals surface area contributed by atoms with E-state index in [0.717, 1.165) is 51.6 Å². The Morgan fingerprint density at radius 3 is 1.96 bits per heavy atom. The number of fused-ring (bicyclic) bond motifs is 5. The summed E-state index contributed by atoms with van der Waals surface area (Å²) in [5.41, 5.74) is 15.8. The largest absolute Gasteiger partial charge is 0.310 e. The lowest BCUT2D eigenvalue weighted by Crippen LogP contribution is -2.55. The second-order valence-electron chi connectivity index (χ2n) is 16.8. The number of anilines is 3. The molecule has 7 aromatic carbocycles. The van der Waals surface area contributed by atoms with Crippen LogP contribution in [0.1, 0.15) is 43.2 Å². The summed E-state index contributed by atoms with van der Waals surface area (Å²) in [7, 11) is 0. The molecule has 2 heteroatoms. The summed E-state index contributed by atoms with van der Waals surface area (Å²) in [4.78, 5) is 7.06. The van der Waals surface area contributed by atoms with Crippen LogP contribution >= 0.6 is 0 Å². The van der Waals surface area contributed by atoms with Gasteiger partial charge in [-0.2, -0.15) is 0 Å². The Kier molecular flexibility index (Phi) is 6.85. The van der Waals surface area contributed by atoms with E-state index >= 15 is 0 Å². The van der Waals surface area contributed by atoms with Gasteiger partial charge in [0.1, 0.15) is 0 Å². The molecular weight excluding hydrogens is 665 g/mol. The Morgan fingerprint density at radius 2 is 1.13 bits per heavy atom. The molecule has 4 bridgehead atoms. The SMILES string of the molecule is c1ccc(-c2ccc(N(c3ccc4ncccc4c3)c3cccc4c(-c5ccc6c(c5)-c5ccccc5C65C6CC7CC(C6)CC5C7)cccc34)cc2)cc1. The van der Waals surface area contributed by atoms with Gasteiger partial charge in [0.2, 0.25) is 0 Å². The molecule has 13 rings (SSSR count). The van der Waals surface area contributed by atoms with Gasteiger partial charge in [0.25, 0.3) is 0 Å². The van der Waals surface area contributed by atoms with Gasteiger partial charge >= 0.3 is 0 Å². The zero-order valence-corrected chi connectivity index (χ0v) is 30.9. The third-order valence-corrected chi connectivity index (χ3v) is 14.1. The van der Waals surface area contributed by atoms with Gasteiger partial charge in [-0.3, -0.25) is 4.98 Å². The highest BCUT2D eigenvalue weighted by molar-refractivity contribution is 6.06. The number of aromatic nitrogens is 1. The average molecular weight is 707 g/mol. The molecule has 5 aliphatic carbocycles. The van der Waals surface area contributed by atoms with Gasteiger partial charge in [-0.1, -0.05) is 115 Å². The molecule has 1 aromatic heterocycles. The summed E-state index contributed by atoms with van der Waals surface area (Å²) < 4.78 is 0. The minimum atomic E-state index is 0.190. The summed E-state index contributed by atoms with van der Waals surface area (Å²) >= 11 is 0. The molecule has 4 fully saturated rings. The molecule has 5 aliphatic rings. The average Bonchev–Trinajstić information content (AvgIpc) is 3.53. The van der Waals surface area contributed by atoms with Gasteiger partial charge in [-0.25, -0.2) is 0 Å². The maximum Gasteiger partial charge on any atom is 0.0703 e. The molecule has 0 aliphatic heterocycles. The van der Waals surface area contributed by atoms with Crippen molar-refractivity contribution < 1.29 is 0 Å². The predicted molar refractivity (Wildman–Crippen MR) is 228 cm³/mol. The van der Waals surface area contributed by atoms with Gasteiger partial charge in [-0.05, 0) is 154 Å². The number of rotatable bonds is 5. The summed E-state index contributed by atoms with van der Waals surface area (Å²) in [6.07, 6.45) is 8.99. The fourth-order valence-corrected chi connectivity index (χ4v) is 12.1. The fourth-order valence-electron chi connectivity index (χ4n) is 12.1. The first-order valence-electron chi connectivity index (χ1n) is 20.3. The Balaban J connectivity index is 1.01. The van der Waals surface area contributed by atoms with Crippen molar-refractivity contribution in [2.75, 3.05) is 4.90 Å². The molecular formula is C53H42N2. The summed E-state index contributed by atoms with van der Waals surface area (Å²) in [6.45, 7) is 0. The molecule has 4 saturated carbocycles. The number of hydrogen-bond donors (Lipinski definition) is 0. The molecule has 1 heterocycles. The third kappa shape index (κ3) is 4.64. The molecule has 0 amide bonds. The smallest absolute Gasteiger partial charge is 0.0703 e. The highest BCUT2D eigenvalue weighted by Gasteiger charge is 2.61. The Hall–Kier alpha value is -5.99. The first-order valence-corrected chi connectivity index (χ1v) is 20.3. The van der Waals surface area contributed by atoms with Crippen LogP contribution in [0.2, 0.25) is 0 Å². The lowest BCUT2D eigenvalue weighted by atomic mass is 9.43. The molecule has 264 valence electrons. The first kappa shape index (κ1) is 31.4. The van der Waals surface area contributed by atoms with E-state index in [2.05, 4.69) is 168 Å². The monoisotopic (exact) mass is 706 g/mol. The molecule has 0 radical (unpaired) electrons. The van der Waals surface area contributed by atoms with E-state index in [1.165, 1.54) is 76.3 Å². The minimum absolute atomic E-state index is 0.190. The molecule has 0 saturated heterocycles. The van der Waals surface area contributed by atoms with Crippen molar-refractivity contribution in [3.63, 3.8) is 0 Å². The maximum atomic E-state index is 4.64. The van der Waals surface area contributed by atoms with E-state index in [1.807, 2.05) is 12.3 Å². The highest BCUT2D eigenvalue weighted by Crippen LogP contribution is 2.69. The van der Waals surface area contributed by atoms with Crippen LogP contribution in [0.4, 0.5) is 17.1 Å². The Morgan fingerprint density at radius 1 is 0.455 bits per heavy atom. The lowest BCUT2D eigenvalue weighted by Gasteiger charge is -2.61. The zero-order valence-electron chi connectivity index (χ0n) is 30.9. The van der Waals surface area contributed by atoms with Crippen molar-refractivity contribution in [3.05, 3.63) is 181 Å². The molecule has 2 nitrogen and oxygen atoms in total. The normalized spacial score (nSPS) is 23.0. The second kappa shape index (κ2) is 12.0. The van der Waals surface area contributed by atoms with Crippen LogP contribution in [-0.4, -0.2) is 4.98 Å². The topological polar surface area (TPSA) is 16.1 Å². The van der Waals surface area contributed by atoms with Crippen LogP contribution < -0.4 is 4.90 Å². The van der Waals surface area contributed by atoms with Gasteiger partial charge in [0.05, 0.1) is 11.2 Å². The summed E-state index contributed by atoms with van der Waals surface area (Å²) in [5.74, 6) is 3.44. The molecule has 0 atom stereocenters. The third-order valence-electron chi connectivity index (χ3n) is 14.1. The van der Waals surface area contributed by atoms with Gasteiger partial charge in [-0.15, -0.1) is 0 Å². The van der Waals surface area contributed by atoms with E-state index in [0.29, 0.717) is 0 Å². The number of benzene rings is 7. The van der Waals surface area contributed by atoms with E-state index in [-0.39, 0.29) is 5.41 Å². The van der Waals surface area contributed by atoms with Crippen LogP contribution in [0.25, 0.3) is 55.1 Å². The van der Waals surface area contributed by atoms with Crippen LogP contribution in [0.3, 0.4) is 0 Å². The van der Waals surface area contributed by atoms with Crippen LogP contribution in [0.15, 0.2) is 170 Å². The van der Waals surface area contributed by atoms with Crippen molar-refractivity contribution in [2.24, 2.45) is 23.7 Å². The summed E-state index contributed by atoms with van der Waals surface area (Å²) in [6, 6.07) is 61.2. The van der Waals surface area contributed by atoms with Gasteiger partial charge in [0.15, 0.2) is 0 Å². The summed E-state index contributed by atoms with van der Waals surface area (Å²) in [5, 5.41) is 3.63. The van der Waals surface area contributed by atoms with E-state index < -0.39 is 0 Å². The van der Waals surface area contributed by atoms with Crippen LogP contribution in [0.5, 0.6) is 0 Å². The number of pyridine rings is 1. The molecule has 0 unspecified atom stereocenters. The first-order chi connectivity index (χ1) is 27.2. The van der Waals surface area contributed by atoms with Gasteiger partial charge < -0.3 is 4.90 Å². The van der Waals surface area contributed by atoms with E-state index in [1.54, 1.807) is 11.1 Å². The fraction of sp³-hybridized carbons (Fsp3) is 0.189. The van der Waals surface area contributed by atoms with E-state index in [4.69, 9.17) is 0 Å². The molecule has 8 aromatic rings. The zero-order chi connectivity index (χ0) is 36.1. The van der Waals surface area contributed by atoms with Gasteiger partial charge in [0, 0.05) is 33.8 Å².